The highest BCUT2D eigenvalue weighted by Gasteiger charge is 2.55. The summed E-state index contributed by atoms with van der Waals surface area (Å²) in [7, 11) is -4.56. The maximum Gasteiger partial charge on any atom is 0.414 e. The van der Waals surface area contributed by atoms with Crippen molar-refractivity contribution in [1.29, 1.82) is 0 Å². The van der Waals surface area contributed by atoms with Crippen LogP contribution in [0.3, 0.4) is 0 Å². The van der Waals surface area contributed by atoms with Crippen molar-refractivity contribution in [2.45, 2.75) is 44.3 Å². The van der Waals surface area contributed by atoms with Crippen molar-refractivity contribution >= 4 is 44.0 Å². The Morgan fingerprint density at radius 2 is 1.85 bits per heavy atom. The molecule has 2 aliphatic rings. The van der Waals surface area contributed by atoms with Crippen molar-refractivity contribution in [3.63, 3.8) is 0 Å². The largest absolute Gasteiger partial charge is 0.414 e. The molecular formula is C26H26N6O7S. The SMILES string of the molecule is CCCC(NC(=O)Oc1cnc2ccccc2n1)C(=O)N1CCC2C1C(=O)CN2S(=O)(=O)C(=O)c1ccccn1. The molecule has 2 aliphatic heterocycles. The van der Waals surface area contributed by atoms with Crippen LogP contribution in [0.4, 0.5) is 4.79 Å². The Labute approximate surface area is 229 Å². The Morgan fingerprint density at radius 3 is 2.58 bits per heavy atom. The van der Waals surface area contributed by atoms with E-state index >= 15 is 0 Å². The van der Waals surface area contributed by atoms with Crippen LogP contribution in [0, 0.1) is 0 Å². The summed E-state index contributed by atoms with van der Waals surface area (Å²) in [4.78, 5) is 65.4. The Kier molecular flexibility index (Phi) is 7.54. The molecule has 3 unspecified atom stereocenters. The van der Waals surface area contributed by atoms with Crippen LogP contribution in [0.15, 0.2) is 54.9 Å². The third-order valence-electron chi connectivity index (χ3n) is 6.87. The predicted molar refractivity (Wildman–Crippen MR) is 140 cm³/mol. The van der Waals surface area contributed by atoms with Crippen molar-refractivity contribution in [3.8, 4) is 5.88 Å². The van der Waals surface area contributed by atoms with E-state index in [2.05, 4.69) is 20.3 Å². The lowest BCUT2D eigenvalue weighted by Gasteiger charge is -2.27. The lowest BCUT2D eigenvalue weighted by Crippen LogP contribution is -2.53. The van der Waals surface area contributed by atoms with Crippen molar-refractivity contribution in [1.82, 2.24) is 29.5 Å². The van der Waals surface area contributed by atoms with Crippen molar-refractivity contribution in [3.05, 3.63) is 60.6 Å². The number of likely N-dealkylation sites (tertiary alicyclic amines) is 1. The average Bonchev–Trinajstić information content (AvgIpc) is 3.54. The fraction of sp³-hybridized carbons (Fsp3) is 0.346. The number of ketones is 1. The molecule has 5 rings (SSSR count). The highest BCUT2D eigenvalue weighted by Crippen LogP contribution is 2.33. The summed E-state index contributed by atoms with van der Waals surface area (Å²) in [6.45, 7) is 1.37. The molecule has 0 aliphatic carbocycles. The Hall–Kier alpha value is -4.30. The molecule has 0 spiro atoms. The first-order valence-corrected chi connectivity index (χ1v) is 14.1. The fourth-order valence-electron chi connectivity index (χ4n) is 5.07. The zero-order valence-electron chi connectivity index (χ0n) is 21.5. The highest BCUT2D eigenvalue weighted by atomic mass is 32.2. The zero-order valence-corrected chi connectivity index (χ0v) is 22.3. The van der Waals surface area contributed by atoms with Crippen LogP contribution >= 0.6 is 0 Å². The molecule has 2 fully saturated rings. The molecule has 208 valence electrons. The third kappa shape index (κ3) is 5.14. The van der Waals surface area contributed by atoms with E-state index in [0.29, 0.717) is 17.5 Å². The smallest absolute Gasteiger partial charge is 0.390 e. The first-order chi connectivity index (χ1) is 19.2. The number of aromatic nitrogens is 3. The van der Waals surface area contributed by atoms with Gasteiger partial charge in [0.25, 0.3) is 10.0 Å². The number of ether oxygens (including phenoxy) is 1. The number of amides is 2. The number of pyridine rings is 1. The van der Waals surface area contributed by atoms with E-state index < -0.39 is 57.6 Å². The standard InChI is InChI=1S/C26H26N6O7S/c1-2-7-18(30-26(36)39-22-14-28-16-8-3-4-9-17(16)29-22)24(34)31-13-11-20-23(31)21(33)15-32(20)40(37,38)25(35)19-10-5-6-12-27-19/h3-6,8-10,12,14,18,20,23H,2,7,11,13,15H2,1H3,(H,30,36). The molecular weight excluding hydrogens is 540 g/mol. The summed E-state index contributed by atoms with van der Waals surface area (Å²) in [5.74, 6) is -1.10. The number of para-hydroxylation sites is 2. The summed E-state index contributed by atoms with van der Waals surface area (Å²) in [6, 6.07) is 8.37. The molecule has 4 heterocycles. The van der Waals surface area contributed by atoms with Gasteiger partial charge in [0.2, 0.25) is 11.8 Å². The number of carbonyl (C=O) groups is 4. The monoisotopic (exact) mass is 566 g/mol. The topological polar surface area (TPSA) is 169 Å². The lowest BCUT2D eigenvalue weighted by molar-refractivity contribution is -0.138. The van der Waals surface area contributed by atoms with Crippen LogP contribution in [-0.4, -0.2) is 86.7 Å². The van der Waals surface area contributed by atoms with Crippen LogP contribution in [0.1, 0.15) is 36.7 Å². The summed E-state index contributed by atoms with van der Waals surface area (Å²) in [5, 5.41) is 1.33. The number of hydrogen-bond acceptors (Lipinski definition) is 10. The average molecular weight is 567 g/mol. The van der Waals surface area contributed by atoms with Crippen molar-refractivity contribution in [2.75, 3.05) is 13.1 Å². The number of sulfonamides is 1. The van der Waals surface area contributed by atoms with Crippen molar-refractivity contribution < 1.29 is 32.3 Å². The summed E-state index contributed by atoms with van der Waals surface area (Å²) < 4.78 is 32.4. The van der Waals surface area contributed by atoms with Crippen LogP contribution < -0.4 is 10.1 Å². The second-order valence-corrected chi connectivity index (χ2v) is 11.2. The molecule has 0 radical (unpaired) electrons. The van der Waals surface area contributed by atoms with E-state index in [1.54, 1.807) is 30.3 Å². The van der Waals surface area contributed by atoms with E-state index in [1.165, 1.54) is 29.4 Å². The van der Waals surface area contributed by atoms with Gasteiger partial charge in [-0.3, -0.25) is 19.4 Å². The number of hydrogen-bond donors (Lipinski definition) is 1. The van der Waals surface area contributed by atoms with Gasteiger partial charge in [0.1, 0.15) is 17.8 Å². The normalized spacial score (nSPS) is 19.8. The quantitative estimate of drug-likeness (QED) is 0.440. The van der Waals surface area contributed by atoms with Gasteiger partial charge in [-0.15, -0.1) is 0 Å². The minimum absolute atomic E-state index is 0.0514. The highest BCUT2D eigenvalue weighted by molar-refractivity contribution is 8.04. The first kappa shape index (κ1) is 27.3. The molecule has 0 saturated carbocycles. The maximum atomic E-state index is 13.5. The molecule has 13 nitrogen and oxygen atoms in total. The number of benzene rings is 1. The van der Waals surface area contributed by atoms with E-state index in [4.69, 9.17) is 4.74 Å². The predicted octanol–water partition coefficient (Wildman–Crippen LogP) is 1.31. The Bertz CT molecular complexity index is 1580. The minimum Gasteiger partial charge on any atom is -0.390 e. The molecule has 2 amide bonds. The van der Waals surface area contributed by atoms with Crippen LogP contribution in [0.5, 0.6) is 5.88 Å². The van der Waals surface area contributed by atoms with Gasteiger partial charge in [-0.1, -0.05) is 31.5 Å². The number of nitrogens with zero attached hydrogens (tertiary/aromatic N) is 5. The third-order valence-corrected chi connectivity index (χ3v) is 8.56. The van der Waals surface area contributed by atoms with Gasteiger partial charge >= 0.3 is 11.2 Å². The minimum atomic E-state index is -4.56. The number of fused-ring (bicyclic) bond motifs is 2. The van der Waals surface area contributed by atoms with E-state index in [0.717, 1.165) is 4.31 Å². The van der Waals surface area contributed by atoms with Crippen molar-refractivity contribution in [2.24, 2.45) is 0 Å². The Balaban J connectivity index is 1.29. The molecule has 3 atom stereocenters. The maximum absolute atomic E-state index is 13.5. The molecule has 1 N–H and O–H groups in total. The van der Waals surface area contributed by atoms with Gasteiger partial charge in [0.15, 0.2) is 5.78 Å². The fourth-order valence-corrected chi connectivity index (χ4v) is 6.54. The number of rotatable bonds is 7. The van der Waals surface area contributed by atoms with Gasteiger partial charge in [0, 0.05) is 12.7 Å². The van der Waals surface area contributed by atoms with Gasteiger partial charge in [-0.05, 0) is 37.1 Å². The molecule has 3 aromatic rings. The number of nitrogens with one attached hydrogen (secondary N) is 1. The summed E-state index contributed by atoms with van der Waals surface area (Å²) >= 11 is 0. The van der Waals surface area contributed by atoms with Crippen LogP contribution in [0.2, 0.25) is 0 Å². The molecule has 14 heteroatoms. The van der Waals surface area contributed by atoms with Gasteiger partial charge in [-0.2, -0.15) is 4.31 Å². The Morgan fingerprint density at radius 1 is 1.10 bits per heavy atom. The number of carbonyl (C=O) groups excluding carboxylic acids is 4. The molecule has 0 bridgehead atoms. The van der Waals surface area contributed by atoms with E-state index in [9.17, 15) is 27.6 Å². The summed E-state index contributed by atoms with van der Waals surface area (Å²) in [6.07, 6.45) is 2.61. The molecule has 1 aromatic carbocycles. The number of Topliss-reactive ketones (excluding diaryl/α,β-unsaturated/α-hetero) is 1. The van der Waals surface area contributed by atoms with Gasteiger partial charge in [0.05, 0.1) is 29.8 Å². The lowest BCUT2D eigenvalue weighted by atomic mass is 10.1. The van der Waals surface area contributed by atoms with E-state index in [-0.39, 0.29) is 31.0 Å². The van der Waals surface area contributed by atoms with Crippen LogP contribution in [0.25, 0.3) is 11.0 Å². The van der Waals surface area contributed by atoms with Gasteiger partial charge < -0.3 is 15.0 Å². The van der Waals surface area contributed by atoms with E-state index in [1.807, 2.05) is 6.92 Å². The second-order valence-electron chi connectivity index (χ2n) is 9.42. The molecule has 2 aromatic heterocycles. The van der Waals surface area contributed by atoms with Crippen LogP contribution in [-0.2, 0) is 19.6 Å². The first-order valence-electron chi connectivity index (χ1n) is 12.7. The summed E-state index contributed by atoms with van der Waals surface area (Å²) in [5.41, 5.74) is 0.890. The molecule has 40 heavy (non-hydrogen) atoms. The zero-order chi connectivity index (χ0) is 28.4. The molecule has 2 saturated heterocycles. The van der Waals surface area contributed by atoms with Gasteiger partial charge in [-0.25, -0.2) is 23.2 Å². The second kappa shape index (κ2) is 11.1.